The lowest BCUT2D eigenvalue weighted by atomic mass is 10.1. The smallest absolute Gasteiger partial charge is 0.323 e. The van der Waals surface area contributed by atoms with Crippen molar-refractivity contribution in [2.75, 3.05) is 19.0 Å². The minimum Gasteiger partial charge on any atom is -0.460 e. The van der Waals surface area contributed by atoms with Crippen molar-refractivity contribution in [1.82, 2.24) is 24.6 Å². The molecular weight excluding hydrogens is 501 g/mol. The lowest BCUT2D eigenvalue weighted by Crippen LogP contribution is -2.40. The van der Waals surface area contributed by atoms with Crippen molar-refractivity contribution in [3.8, 4) is 0 Å². The third-order valence-electron chi connectivity index (χ3n) is 5.51. The van der Waals surface area contributed by atoms with Gasteiger partial charge in [0.15, 0.2) is 17.6 Å². The van der Waals surface area contributed by atoms with Crippen molar-refractivity contribution < 1.29 is 37.2 Å². The van der Waals surface area contributed by atoms with Crippen LogP contribution in [0.2, 0.25) is 0 Å². The minimum absolute atomic E-state index is 0.00472. The zero-order valence-electron chi connectivity index (χ0n) is 19.3. The Hall–Kier alpha value is -3.03. The monoisotopic (exact) mass is 526 g/mol. The Labute approximate surface area is 204 Å². The number of carbonyl (C=O) groups excluding carboxylic acids is 1. The van der Waals surface area contributed by atoms with Crippen LogP contribution in [-0.4, -0.2) is 68.0 Å². The zero-order chi connectivity index (χ0) is 26.1. The number of fused-ring (bicyclic) bond motifs is 1. The molecule has 0 radical (unpaired) electrons. The molecule has 2 aromatic heterocycles. The maximum Gasteiger partial charge on any atom is 0.323 e. The maximum absolute atomic E-state index is 14.9. The standard InChI is InChI=1S/C21H25F2N6O6P/c1-12(19(31)33-8-13-6-4-3-5-7-13)28-36(2,32)34-9-14-16(30)21(22,23)20(35-14)29-11-27-15-17(24)25-10-26-18(15)29/h3-7,10-12,14,16,20,30H,8-9H2,1-2H3,(H,28,32)(H2,24,25,26)/t12-,14+,16?,20+,36?/m0/s1. The van der Waals surface area contributed by atoms with Crippen LogP contribution in [0, 0.1) is 0 Å². The van der Waals surface area contributed by atoms with Crippen molar-refractivity contribution in [3.63, 3.8) is 0 Å². The number of halogens is 2. The number of imidazole rings is 1. The van der Waals surface area contributed by atoms with Crippen molar-refractivity contribution in [2.24, 2.45) is 0 Å². The highest BCUT2D eigenvalue weighted by atomic mass is 31.2. The minimum atomic E-state index is -3.76. The van der Waals surface area contributed by atoms with E-state index < -0.39 is 50.5 Å². The van der Waals surface area contributed by atoms with Crippen LogP contribution in [-0.2, 0) is 30.0 Å². The van der Waals surface area contributed by atoms with Gasteiger partial charge < -0.3 is 24.8 Å². The summed E-state index contributed by atoms with van der Waals surface area (Å²) < 4.78 is 59.4. The molecule has 12 nitrogen and oxygen atoms in total. The van der Waals surface area contributed by atoms with Crippen LogP contribution in [0.5, 0.6) is 0 Å². The quantitative estimate of drug-likeness (QED) is 0.275. The van der Waals surface area contributed by atoms with Crippen LogP contribution in [0.15, 0.2) is 43.0 Å². The van der Waals surface area contributed by atoms with Gasteiger partial charge in [-0.15, -0.1) is 0 Å². The Morgan fingerprint density at radius 1 is 1.33 bits per heavy atom. The molecule has 1 fully saturated rings. The lowest BCUT2D eigenvalue weighted by molar-refractivity contribution is -0.146. The summed E-state index contributed by atoms with van der Waals surface area (Å²) in [6, 6.07) is 7.96. The van der Waals surface area contributed by atoms with Gasteiger partial charge in [0.25, 0.3) is 7.52 Å². The summed E-state index contributed by atoms with van der Waals surface area (Å²) in [4.78, 5) is 23.9. The first-order valence-corrected chi connectivity index (χ1v) is 12.9. The summed E-state index contributed by atoms with van der Waals surface area (Å²) in [5, 5.41) is 12.7. The fourth-order valence-corrected chi connectivity index (χ4v) is 4.97. The van der Waals surface area contributed by atoms with Gasteiger partial charge in [0, 0.05) is 6.66 Å². The molecule has 36 heavy (non-hydrogen) atoms. The van der Waals surface area contributed by atoms with Crippen LogP contribution >= 0.6 is 7.52 Å². The van der Waals surface area contributed by atoms with Crippen molar-refractivity contribution in [3.05, 3.63) is 48.5 Å². The molecule has 3 aromatic rings. The van der Waals surface area contributed by atoms with Crippen molar-refractivity contribution in [2.45, 2.75) is 43.9 Å². The van der Waals surface area contributed by atoms with Gasteiger partial charge in [-0.25, -0.2) is 20.0 Å². The summed E-state index contributed by atoms with van der Waals surface area (Å²) in [5.74, 6) is -4.45. The summed E-state index contributed by atoms with van der Waals surface area (Å²) in [7, 11) is -3.69. The van der Waals surface area contributed by atoms with E-state index in [1.165, 1.54) is 13.6 Å². The Kier molecular flexibility index (Phi) is 7.34. The summed E-state index contributed by atoms with van der Waals surface area (Å²) in [6.45, 7) is 1.98. The van der Waals surface area contributed by atoms with Gasteiger partial charge in [0.2, 0.25) is 6.23 Å². The van der Waals surface area contributed by atoms with Gasteiger partial charge in [0.1, 0.15) is 30.6 Å². The first-order valence-electron chi connectivity index (χ1n) is 10.8. The molecule has 1 aliphatic heterocycles. The molecule has 3 heterocycles. The number of aliphatic hydroxyl groups excluding tert-OH is 1. The molecule has 0 bridgehead atoms. The normalized spacial score (nSPS) is 23.9. The molecule has 2 unspecified atom stereocenters. The first-order chi connectivity index (χ1) is 17.0. The van der Waals surface area contributed by atoms with E-state index in [0.717, 1.165) is 22.8 Å². The predicted molar refractivity (Wildman–Crippen MR) is 123 cm³/mol. The average molecular weight is 526 g/mol. The van der Waals surface area contributed by atoms with Gasteiger partial charge >= 0.3 is 11.9 Å². The van der Waals surface area contributed by atoms with Gasteiger partial charge in [-0.2, -0.15) is 8.78 Å². The number of aromatic nitrogens is 4. The number of nitrogens with zero attached hydrogens (tertiary/aromatic N) is 4. The van der Waals surface area contributed by atoms with Crippen LogP contribution in [0.1, 0.15) is 18.7 Å². The van der Waals surface area contributed by atoms with Crippen LogP contribution < -0.4 is 10.8 Å². The second-order valence-corrected chi connectivity index (χ2v) is 10.5. The first kappa shape index (κ1) is 26.0. The second kappa shape index (κ2) is 10.1. The molecule has 0 saturated carbocycles. The third kappa shape index (κ3) is 5.37. The second-order valence-electron chi connectivity index (χ2n) is 8.31. The molecule has 4 rings (SSSR count). The summed E-state index contributed by atoms with van der Waals surface area (Å²) in [6.07, 6.45) is -3.66. The van der Waals surface area contributed by atoms with E-state index >= 15 is 0 Å². The van der Waals surface area contributed by atoms with E-state index in [0.29, 0.717) is 0 Å². The number of benzene rings is 1. The Balaban J connectivity index is 1.36. The van der Waals surface area contributed by atoms with E-state index in [4.69, 9.17) is 19.7 Å². The average Bonchev–Trinajstić information content (AvgIpc) is 3.36. The number of carbonyl (C=O) groups is 1. The maximum atomic E-state index is 14.9. The number of ether oxygens (including phenoxy) is 2. The number of rotatable bonds is 9. The third-order valence-corrected chi connectivity index (χ3v) is 7.01. The topological polar surface area (TPSA) is 164 Å². The molecule has 1 saturated heterocycles. The number of aliphatic hydroxyl groups is 1. The fourth-order valence-electron chi connectivity index (χ4n) is 3.66. The zero-order valence-corrected chi connectivity index (χ0v) is 20.2. The van der Waals surface area contributed by atoms with Gasteiger partial charge in [-0.3, -0.25) is 13.9 Å². The highest BCUT2D eigenvalue weighted by Gasteiger charge is 2.60. The SMILES string of the molecule is C[C@H](NP(C)(=O)OC[C@H]1O[C@@H](n2cnc3c(N)ncnc32)C(F)(F)C1O)C(=O)OCc1ccccc1. The number of nitrogens with one attached hydrogen (secondary N) is 1. The van der Waals surface area contributed by atoms with E-state index in [2.05, 4.69) is 20.0 Å². The molecule has 0 aliphatic carbocycles. The van der Waals surface area contributed by atoms with Crippen molar-refractivity contribution >= 4 is 30.5 Å². The lowest BCUT2D eigenvalue weighted by Gasteiger charge is -2.22. The number of nitrogens with two attached hydrogens (primary N) is 1. The number of hydrogen-bond acceptors (Lipinski definition) is 10. The number of nitrogen functional groups attached to an aromatic ring is 1. The molecule has 5 atom stereocenters. The van der Waals surface area contributed by atoms with Crippen LogP contribution in [0.3, 0.4) is 0 Å². The van der Waals surface area contributed by atoms with Gasteiger partial charge in [-0.05, 0) is 12.5 Å². The fraction of sp³-hybridized carbons (Fsp3) is 0.429. The van der Waals surface area contributed by atoms with Crippen LogP contribution in [0.4, 0.5) is 14.6 Å². The molecule has 0 amide bonds. The van der Waals surface area contributed by atoms with Crippen LogP contribution in [0.25, 0.3) is 11.2 Å². The molecule has 1 aromatic carbocycles. The molecule has 15 heteroatoms. The summed E-state index contributed by atoms with van der Waals surface area (Å²) in [5.41, 5.74) is 6.57. The number of anilines is 1. The molecule has 0 spiro atoms. The molecule has 1 aliphatic rings. The number of hydrogen-bond donors (Lipinski definition) is 3. The Bertz CT molecular complexity index is 1280. The Morgan fingerprint density at radius 3 is 2.78 bits per heavy atom. The van der Waals surface area contributed by atoms with E-state index in [1.807, 2.05) is 6.07 Å². The van der Waals surface area contributed by atoms with E-state index in [1.54, 1.807) is 24.3 Å². The summed E-state index contributed by atoms with van der Waals surface area (Å²) >= 11 is 0. The molecular formula is C21H25F2N6O6P. The van der Waals surface area contributed by atoms with E-state index in [-0.39, 0.29) is 23.6 Å². The number of alkyl halides is 2. The Morgan fingerprint density at radius 2 is 2.06 bits per heavy atom. The van der Waals surface area contributed by atoms with Gasteiger partial charge in [-0.1, -0.05) is 30.3 Å². The van der Waals surface area contributed by atoms with E-state index in [9.17, 15) is 23.2 Å². The highest BCUT2D eigenvalue weighted by Crippen LogP contribution is 2.46. The number of esters is 1. The van der Waals surface area contributed by atoms with Gasteiger partial charge in [0.05, 0.1) is 12.9 Å². The molecule has 4 N–H and O–H groups in total. The molecule has 194 valence electrons. The highest BCUT2D eigenvalue weighted by molar-refractivity contribution is 7.56. The van der Waals surface area contributed by atoms with Crippen molar-refractivity contribution in [1.29, 1.82) is 0 Å². The predicted octanol–water partition coefficient (Wildman–Crippen LogP) is 1.86. The largest absolute Gasteiger partial charge is 0.460 e.